The molecule has 1 aliphatic heterocycles. The van der Waals surface area contributed by atoms with E-state index >= 15 is 0 Å². The van der Waals surface area contributed by atoms with E-state index in [-0.39, 0.29) is 9.13 Å². The second-order valence-electron chi connectivity index (χ2n) is 3.09. The van der Waals surface area contributed by atoms with Gasteiger partial charge in [-0.05, 0) is 0 Å². The molecule has 0 atom stereocenters. The van der Waals surface area contributed by atoms with Crippen LogP contribution < -0.4 is 0 Å². The zero-order valence-electron chi connectivity index (χ0n) is 7.89. The van der Waals surface area contributed by atoms with E-state index in [1.165, 1.54) is 18.2 Å². The molecule has 0 radical (unpaired) electrons. The van der Waals surface area contributed by atoms with E-state index in [0.29, 0.717) is 0 Å². The van der Waals surface area contributed by atoms with Gasteiger partial charge in [-0.25, -0.2) is 0 Å². The van der Waals surface area contributed by atoms with Crippen molar-refractivity contribution in [1.82, 2.24) is 0 Å². The molecule has 0 aromatic heterocycles. The predicted molar refractivity (Wildman–Crippen MR) is 55.6 cm³/mol. The van der Waals surface area contributed by atoms with Crippen LogP contribution in [0.2, 0.25) is 0 Å². The maximum atomic E-state index is 13.2. The molecule has 17 heavy (non-hydrogen) atoms. The molecule has 2 nitrogen and oxygen atoms in total. The van der Waals surface area contributed by atoms with Crippen molar-refractivity contribution >= 4 is 26.2 Å². The number of rotatable bonds is 1. The Morgan fingerprint density at radius 3 is 2.24 bits per heavy atom. The minimum absolute atomic E-state index is 0.193. The van der Waals surface area contributed by atoms with Gasteiger partial charge in [-0.3, -0.25) is 0 Å². The summed E-state index contributed by atoms with van der Waals surface area (Å²) in [5.41, 5.74) is -0.193. The Balaban J connectivity index is 2.48. The number of hydrogen-bond acceptors (Lipinski definition) is 2. The number of hydrogen-bond donors (Lipinski definition) is 0. The zero-order valence-corrected chi connectivity index (χ0v) is 10.1. The number of alkyl halides is 6. The zero-order chi connectivity index (χ0) is 12.8. The number of carbonyl (C=O) groups excluding carboxylic acids is 1. The van der Waals surface area contributed by atoms with Crippen LogP contribution in [-0.2, 0) is 3.07 Å². The van der Waals surface area contributed by atoms with Crippen molar-refractivity contribution in [2.24, 2.45) is 0 Å². The Labute approximate surface area is 99.7 Å². The second-order valence-corrected chi connectivity index (χ2v) is 7.47. The second kappa shape index (κ2) is 3.79. The van der Waals surface area contributed by atoms with Crippen molar-refractivity contribution in [3.05, 3.63) is 33.4 Å². The van der Waals surface area contributed by atoms with E-state index in [1.807, 2.05) is 0 Å². The average Bonchev–Trinajstić information content (AvgIpc) is 2.56. The van der Waals surface area contributed by atoms with Crippen molar-refractivity contribution in [1.29, 1.82) is 0 Å². The van der Waals surface area contributed by atoms with Gasteiger partial charge in [0.1, 0.15) is 0 Å². The Bertz CT molecular complexity index is 471. The number of carbonyl (C=O) groups is 1. The van der Waals surface area contributed by atoms with Gasteiger partial charge in [0.15, 0.2) is 0 Å². The Hall–Kier alpha value is -0.930. The van der Waals surface area contributed by atoms with Gasteiger partial charge >= 0.3 is 99.5 Å². The first-order valence-corrected chi connectivity index (χ1v) is 7.25. The van der Waals surface area contributed by atoms with Gasteiger partial charge < -0.3 is 0 Å². The molecule has 0 fully saturated rings. The van der Waals surface area contributed by atoms with Crippen LogP contribution in [0.25, 0.3) is 0 Å². The molecule has 0 unspecified atom stereocenters. The molecule has 0 spiro atoms. The van der Waals surface area contributed by atoms with Crippen LogP contribution in [0.1, 0.15) is 10.4 Å². The van der Waals surface area contributed by atoms with Crippen LogP contribution in [-0.4, -0.2) is 16.1 Å². The van der Waals surface area contributed by atoms with Gasteiger partial charge in [0, 0.05) is 0 Å². The van der Waals surface area contributed by atoms with Crippen LogP contribution in [0.4, 0.5) is 22.0 Å². The van der Waals surface area contributed by atoms with Crippen LogP contribution in [0.3, 0.4) is 0 Å². The summed E-state index contributed by atoms with van der Waals surface area (Å²) < 4.78 is 62.0. The first-order chi connectivity index (χ1) is 7.75. The molecular weight excluding hydrogens is 362 g/mol. The first kappa shape index (κ1) is 12.5. The van der Waals surface area contributed by atoms with Crippen molar-refractivity contribution in [2.75, 3.05) is 0 Å². The van der Waals surface area contributed by atoms with Gasteiger partial charge in [0.2, 0.25) is 0 Å². The Morgan fingerprint density at radius 1 is 1.06 bits per heavy atom. The molecule has 0 saturated carbocycles. The molecular formula is C9H4F5IO2. The Morgan fingerprint density at radius 2 is 1.65 bits per heavy atom. The van der Waals surface area contributed by atoms with Gasteiger partial charge in [-0.15, -0.1) is 0 Å². The standard InChI is InChI=1S/C9H4F5IO2/c10-8(11,12)9(13,14)15-6-4-2-1-3-5(6)7(16)17-15/h1-4H. The molecule has 1 aliphatic rings. The minimum atomic E-state index is -5.70. The van der Waals surface area contributed by atoms with Crippen LogP contribution in [0, 0.1) is 3.57 Å². The van der Waals surface area contributed by atoms with E-state index in [1.54, 1.807) is 0 Å². The van der Waals surface area contributed by atoms with Crippen molar-refractivity contribution in [3.63, 3.8) is 0 Å². The molecule has 0 bridgehead atoms. The quantitative estimate of drug-likeness (QED) is 0.431. The third kappa shape index (κ3) is 1.87. The van der Waals surface area contributed by atoms with Crippen LogP contribution >= 0.6 is 20.2 Å². The maximum absolute atomic E-state index is 13.2. The summed E-state index contributed by atoms with van der Waals surface area (Å²) in [7, 11) is 0. The molecule has 0 saturated heterocycles. The summed E-state index contributed by atoms with van der Waals surface area (Å²) in [4.78, 5) is 11.2. The topological polar surface area (TPSA) is 26.3 Å². The summed E-state index contributed by atoms with van der Waals surface area (Å²) in [6.07, 6.45) is -5.70. The molecule has 1 aromatic rings. The predicted octanol–water partition coefficient (Wildman–Crippen LogP) is 3.60. The number of halogens is 6. The summed E-state index contributed by atoms with van der Waals surface area (Å²) >= 11 is -4.38. The van der Waals surface area contributed by atoms with Gasteiger partial charge in [-0.1, -0.05) is 0 Å². The molecule has 0 N–H and O–H groups in total. The summed E-state index contributed by atoms with van der Waals surface area (Å²) in [5, 5.41) is 0. The van der Waals surface area contributed by atoms with E-state index in [4.69, 9.17) is 0 Å². The fourth-order valence-electron chi connectivity index (χ4n) is 1.20. The van der Waals surface area contributed by atoms with Crippen LogP contribution in [0.15, 0.2) is 24.3 Å². The number of benzene rings is 1. The molecule has 0 aliphatic carbocycles. The fraction of sp³-hybridized carbons (Fsp3) is 0.222. The van der Waals surface area contributed by atoms with Crippen molar-refractivity contribution in [2.45, 2.75) is 10.1 Å². The van der Waals surface area contributed by atoms with Gasteiger partial charge in [0.05, 0.1) is 0 Å². The molecule has 1 aromatic carbocycles. The number of fused-ring (bicyclic) bond motifs is 1. The van der Waals surface area contributed by atoms with E-state index < -0.39 is 36.3 Å². The molecule has 2 rings (SSSR count). The average molecular weight is 366 g/mol. The monoisotopic (exact) mass is 366 g/mol. The van der Waals surface area contributed by atoms with Crippen LogP contribution in [0.5, 0.6) is 0 Å². The van der Waals surface area contributed by atoms with E-state index in [0.717, 1.165) is 6.07 Å². The third-order valence-electron chi connectivity index (χ3n) is 1.96. The molecule has 8 heteroatoms. The van der Waals surface area contributed by atoms with E-state index in [9.17, 15) is 26.7 Å². The SMILES string of the molecule is O=C1OI(C(F)(F)C(F)(F)F)c2ccccc21. The molecule has 94 valence electrons. The summed E-state index contributed by atoms with van der Waals surface area (Å²) in [6, 6.07) is 4.95. The van der Waals surface area contributed by atoms with Crippen molar-refractivity contribution in [3.8, 4) is 0 Å². The summed E-state index contributed by atoms with van der Waals surface area (Å²) in [6.45, 7) is 0. The summed E-state index contributed by atoms with van der Waals surface area (Å²) in [5.74, 6) is -1.10. The molecule has 0 amide bonds. The fourth-order valence-corrected chi connectivity index (χ4v) is 5.10. The van der Waals surface area contributed by atoms with Gasteiger partial charge in [0.25, 0.3) is 0 Å². The molecule has 1 heterocycles. The Kier molecular flexibility index (Phi) is 2.79. The first-order valence-electron chi connectivity index (χ1n) is 4.21. The normalized spacial score (nSPS) is 17.9. The van der Waals surface area contributed by atoms with E-state index in [2.05, 4.69) is 3.07 Å². The van der Waals surface area contributed by atoms with Crippen molar-refractivity contribution < 1.29 is 29.8 Å². The van der Waals surface area contributed by atoms with Gasteiger partial charge in [-0.2, -0.15) is 0 Å². The third-order valence-corrected chi connectivity index (χ3v) is 6.64.